The summed E-state index contributed by atoms with van der Waals surface area (Å²) in [5.74, 6) is -0.000173. The summed E-state index contributed by atoms with van der Waals surface area (Å²) in [5.41, 5.74) is 0. The summed E-state index contributed by atoms with van der Waals surface area (Å²) in [4.78, 5) is 10.6. The summed E-state index contributed by atoms with van der Waals surface area (Å²) in [5, 5.41) is -0.206. The van der Waals surface area contributed by atoms with Crippen LogP contribution < -0.4 is 0 Å². The first-order chi connectivity index (χ1) is 9.51. The summed E-state index contributed by atoms with van der Waals surface area (Å²) in [7, 11) is -2.24. The molecular formula is C13H21NO5S. The molecule has 1 heterocycles. The number of sulfonamides is 1. The van der Waals surface area contributed by atoms with E-state index in [1.807, 2.05) is 13.8 Å². The second kappa shape index (κ2) is 7.56. The minimum absolute atomic E-state index is 0.000173. The van der Waals surface area contributed by atoms with Crippen molar-refractivity contribution in [2.45, 2.75) is 37.8 Å². The van der Waals surface area contributed by atoms with Crippen LogP contribution in [0, 0.1) is 0 Å². The van der Waals surface area contributed by atoms with Crippen LogP contribution in [0.3, 0.4) is 0 Å². The first-order valence-electron chi connectivity index (χ1n) is 6.57. The van der Waals surface area contributed by atoms with Crippen molar-refractivity contribution in [1.29, 1.82) is 0 Å². The molecule has 0 amide bonds. The molecule has 0 saturated carbocycles. The van der Waals surface area contributed by atoms with Crippen molar-refractivity contribution >= 4 is 16.3 Å². The molecule has 0 N–H and O–H groups in total. The van der Waals surface area contributed by atoms with Gasteiger partial charge in [0.1, 0.15) is 0 Å². The number of aldehydes is 1. The lowest BCUT2D eigenvalue weighted by molar-refractivity contribution is 0.109. The summed E-state index contributed by atoms with van der Waals surface area (Å²) in [6.45, 7) is 4.42. The third kappa shape index (κ3) is 3.68. The largest absolute Gasteiger partial charge is 0.440 e. The van der Waals surface area contributed by atoms with Crippen LogP contribution >= 0.6 is 0 Å². The number of carbonyl (C=O) groups is 1. The van der Waals surface area contributed by atoms with Crippen LogP contribution in [0.5, 0.6) is 0 Å². The summed E-state index contributed by atoms with van der Waals surface area (Å²) < 4.78 is 36.6. The highest BCUT2D eigenvalue weighted by atomic mass is 32.2. The first kappa shape index (κ1) is 16.9. The van der Waals surface area contributed by atoms with Gasteiger partial charge in [-0.25, -0.2) is 8.42 Å². The van der Waals surface area contributed by atoms with Gasteiger partial charge >= 0.3 is 0 Å². The Hall–Kier alpha value is -1.18. The highest BCUT2D eigenvalue weighted by Crippen LogP contribution is 2.22. The minimum atomic E-state index is -3.76. The molecule has 0 spiro atoms. The molecule has 7 heteroatoms. The van der Waals surface area contributed by atoms with E-state index in [2.05, 4.69) is 0 Å². The van der Waals surface area contributed by atoms with Crippen molar-refractivity contribution in [3.05, 3.63) is 17.9 Å². The molecule has 1 aromatic heterocycles. The lowest BCUT2D eigenvalue weighted by Crippen LogP contribution is -2.41. The average Bonchev–Trinajstić information content (AvgIpc) is 2.93. The van der Waals surface area contributed by atoms with E-state index in [0.717, 1.165) is 0 Å². The van der Waals surface area contributed by atoms with Gasteiger partial charge in [-0.05, 0) is 25.0 Å². The van der Waals surface area contributed by atoms with E-state index < -0.39 is 10.0 Å². The number of hydrogen-bond acceptors (Lipinski definition) is 5. The summed E-state index contributed by atoms with van der Waals surface area (Å²) in [6.07, 6.45) is 1.87. The Morgan fingerprint density at radius 3 is 2.45 bits per heavy atom. The normalized spacial score (nSPS) is 12.2. The van der Waals surface area contributed by atoms with Crippen LogP contribution in [-0.4, -0.2) is 45.3 Å². The predicted octanol–water partition coefficient (Wildman–Crippen LogP) is 1.92. The molecule has 1 rings (SSSR count). The van der Waals surface area contributed by atoms with E-state index in [-0.39, 0.29) is 23.4 Å². The van der Waals surface area contributed by atoms with Gasteiger partial charge in [-0.15, -0.1) is 0 Å². The van der Waals surface area contributed by atoms with Crippen molar-refractivity contribution in [3.63, 3.8) is 0 Å². The molecule has 20 heavy (non-hydrogen) atoms. The number of hydrogen-bond donors (Lipinski definition) is 0. The molecule has 0 saturated heterocycles. The summed E-state index contributed by atoms with van der Waals surface area (Å²) >= 11 is 0. The standard InChI is InChI=1S/C13H21NO5S/c1-4-11(5-2)14(8-9-18-3)20(16,17)13-7-6-12(10-15)19-13/h6-7,10-11H,4-5,8-9H2,1-3H3. The SMILES string of the molecule is CCC(CC)N(CCOC)S(=O)(=O)c1ccc(C=O)o1. The molecule has 0 aromatic carbocycles. The van der Waals surface area contributed by atoms with E-state index in [1.165, 1.54) is 23.5 Å². The van der Waals surface area contributed by atoms with Crippen LogP contribution in [0.1, 0.15) is 37.2 Å². The molecule has 0 radical (unpaired) electrons. The average molecular weight is 303 g/mol. The van der Waals surface area contributed by atoms with Crippen LogP contribution in [0.4, 0.5) is 0 Å². The number of ether oxygens (including phenoxy) is 1. The molecule has 0 bridgehead atoms. The molecule has 0 fully saturated rings. The van der Waals surface area contributed by atoms with Crippen molar-refractivity contribution in [1.82, 2.24) is 4.31 Å². The molecule has 0 unspecified atom stereocenters. The fourth-order valence-corrected chi connectivity index (χ4v) is 3.71. The number of rotatable bonds is 9. The van der Waals surface area contributed by atoms with E-state index in [9.17, 15) is 13.2 Å². The zero-order valence-corrected chi connectivity index (χ0v) is 12.9. The first-order valence-corrected chi connectivity index (χ1v) is 8.01. The van der Waals surface area contributed by atoms with Gasteiger partial charge in [-0.2, -0.15) is 4.31 Å². The van der Waals surface area contributed by atoms with Crippen molar-refractivity contribution in [2.24, 2.45) is 0 Å². The number of methoxy groups -OCH3 is 1. The Balaban J connectivity index is 3.11. The topological polar surface area (TPSA) is 76.8 Å². The van der Waals surface area contributed by atoms with Gasteiger partial charge in [0.05, 0.1) is 6.61 Å². The Morgan fingerprint density at radius 2 is 2.00 bits per heavy atom. The van der Waals surface area contributed by atoms with Crippen molar-refractivity contribution < 1.29 is 22.4 Å². The second-order valence-corrected chi connectivity index (χ2v) is 6.18. The highest BCUT2D eigenvalue weighted by molar-refractivity contribution is 7.89. The van der Waals surface area contributed by atoms with Crippen LogP contribution in [0.15, 0.2) is 21.6 Å². The lowest BCUT2D eigenvalue weighted by atomic mass is 10.2. The zero-order chi connectivity index (χ0) is 15.2. The predicted molar refractivity (Wildman–Crippen MR) is 74.2 cm³/mol. The Labute approximate surface area is 119 Å². The molecule has 114 valence electrons. The Morgan fingerprint density at radius 1 is 1.35 bits per heavy atom. The number of furan rings is 1. The molecule has 1 aromatic rings. The smallest absolute Gasteiger partial charge is 0.276 e. The van der Waals surface area contributed by atoms with E-state index in [1.54, 1.807) is 0 Å². The quantitative estimate of drug-likeness (QED) is 0.651. The van der Waals surface area contributed by atoms with Gasteiger partial charge in [0.15, 0.2) is 12.0 Å². The molecule has 6 nitrogen and oxygen atoms in total. The van der Waals surface area contributed by atoms with Gasteiger partial charge in [0, 0.05) is 19.7 Å². The third-order valence-electron chi connectivity index (χ3n) is 3.15. The highest BCUT2D eigenvalue weighted by Gasteiger charge is 2.32. The summed E-state index contributed by atoms with van der Waals surface area (Å²) in [6, 6.07) is 2.53. The van der Waals surface area contributed by atoms with Crippen LogP contribution in [0.2, 0.25) is 0 Å². The maximum absolute atomic E-state index is 12.6. The van der Waals surface area contributed by atoms with E-state index in [4.69, 9.17) is 9.15 Å². The number of nitrogens with zero attached hydrogens (tertiary/aromatic N) is 1. The molecule has 0 atom stereocenters. The van der Waals surface area contributed by atoms with E-state index >= 15 is 0 Å². The molecular weight excluding hydrogens is 282 g/mol. The Kier molecular flexibility index (Phi) is 6.38. The second-order valence-electron chi connectivity index (χ2n) is 4.35. The third-order valence-corrected chi connectivity index (χ3v) is 4.97. The van der Waals surface area contributed by atoms with Gasteiger partial charge in [-0.3, -0.25) is 4.79 Å². The van der Waals surface area contributed by atoms with Gasteiger partial charge < -0.3 is 9.15 Å². The van der Waals surface area contributed by atoms with Crippen LogP contribution in [0.25, 0.3) is 0 Å². The van der Waals surface area contributed by atoms with Gasteiger partial charge in [-0.1, -0.05) is 13.8 Å². The fourth-order valence-electron chi connectivity index (χ4n) is 2.03. The lowest BCUT2D eigenvalue weighted by Gasteiger charge is -2.28. The van der Waals surface area contributed by atoms with Crippen LogP contribution in [-0.2, 0) is 14.8 Å². The fraction of sp³-hybridized carbons (Fsp3) is 0.615. The molecule has 0 aliphatic heterocycles. The Bertz CT molecular complexity index is 519. The molecule has 0 aliphatic carbocycles. The number of carbonyl (C=O) groups excluding carboxylic acids is 1. The molecule has 0 aliphatic rings. The maximum Gasteiger partial charge on any atom is 0.276 e. The monoisotopic (exact) mass is 303 g/mol. The zero-order valence-electron chi connectivity index (χ0n) is 12.0. The minimum Gasteiger partial charge on any atom is -0.440 e. The van der Waals surface area contributed by atoms with Crippen molar-refractivity contribution in [2.75, 3.05) is 20.3 Å². The van der Waals surface area contributed by atoms with Gasteiger partial charge in [0.25, 0.3) is 10.0 Å². The van der Waals surface area contributed by atoms with Crippen molar-refractivity contribution in [3.8, 4) is 0 Å². The van der Waals surface area contributed by atoms with E-state index in [0.29, 0.717) is 25.7 Å². The van der Waals surface area contributed by atoms with Gasteiger partial charge in [0.2, 0.25) is 5.09 Å². The maximum atomic E-state index is 12.6.